The second kappa shape index (κ2) is 4.20. The Bertz CT molecular complexity index is 239. The van der Waals surface area contributed by atoms with E-state index in [4.69, 9.17) is 14.2 Å². The van der Waals surface area contributed by atoms with Crippen LogP contribution in [0.1, 0.15) is 20.3 Å². The van der Waals surface area contributed by atoms with Crippen LogP contribution in [-0.4, -0.2) is 38.0 Å². The highest BCUT2D eigenvalue weighted by Gasteiger charge is 2.42. The highest BCUT2D eigenvalue weighted by atomic mass is 16.7. The lowest BCUT2D eigenvalue weighted by molar-refractivity contribution is -0.146. The highest BCUT2D eigenvalue weighted by Crippen LogP contribution is 2.34. The lowest BCUT2D eigenvalue weighted by Gasteiger charge is -2.23. The van der Waals surface area contributed by atoms with Crippen molar-refractivity contribution in [2.24, 2.45) is 11.8 Å². The zero-order chi connectivity index (χ0) is 10.9. The molecule has 0 radical (unpaired) electrons. The molecule has 2 saturated heterocycles. The van der Waals surface area contributed by atoms with Crippen molar-refractivity contribution in [1.82, 2.24) is 0 Å². The summed E-state index contributed by atoms with van der Waals surface area (Å²) in [7, 11) is 0. The van der Waals surface area contributed by atoms with Crippen LogP contribution in [0.3, 0.4) is 0 Å². The Hall–Kier alpha value is -0.450. The van der Waals surface area contributed by atoms with E-state index >= 15 is 0 Å². The molecule has 0 aromatic rings. The molecular formula is C11H18O4. The van der Waals surface area contributed by atoms with E-state index in [1.54, 1.807) is 0 Å². The highest BCUT2D eigenvalue weighted by molar-refractivity contribution is 5.49. The van der Waals surface area contributed by atoms with Gasteiger partial charge in [-0.3, -0.25) is 0 Å². The standard InChI is InChI=1S/C11H18O4/c1-11(2)14-7-10(15-11)9-6-13-5-8(9)3-4-12/h4,8-10H,3,5-7H2,1-2H3/t8-,9-,10?/m1/s1. The topological polar surface area (TPSA) is 44.8 Å². The van der Waals surface area contributed by atoms with Crippen LogP contribution in [0, 0.1) is 11.8 Å². The number of carbonyl (C=O) groups excluding carboxylic acids is 1. The van der Waals surface area contributed by atoms with Gasteiger partial charge >= 0.3 is 0 Å². The first kappa shape index (κ1) is 11.0. The average Bonchev–Trinajstić information content (AvgIpc) is 2.72. The molecule has 0 aromatic heterocycles. The molecule has 0 bridgehead atoms. The van der Waals surface area contributed by atoms with E-state index in [0.717, 1.165) is 6.29 Å². The number of hydrogen-bond acceptors (Lipinski definition) is 4. The molecule has 0 amide bonds. The van der Waals surface area contributed by atoms with Crippen LogP contribution >= 0.6 is 0 Å². The van der Waals surface area contributed by atoms with Gasteiger partial charge in [-0.25, -0.2) is 0 Å². The van der Waals surface area contributed by atoms with Gasteiger partial charge in [0.25, 0.3) is 0 Å². The summed E-state index contributed by atoms with van der Waals surface area (Å²) in [6.07, 6.45) is 1.60. The molecule has 2 fully saturated rings. The first-order valence-corrected chi connectivity index (χ1v) is 5.45. The molecule has 2 rings (SSSR count). The van der Waals surface area contributed by atoms with E-state index in [1.165, 1.54) is 0 Å². The van der Waals surface area contributed by atoms with Crippen molar-refractivity contribution in [2.75, 3.05) is 19.8 Å². The fourth-order valence-electron chi connectivity index (χ4n) is 2.32. The Balaban J connectivity index is 1.95. The van der Waals surface area contributed by atoms with Gasteiger partial charge in [0.15, 0.2) is 5.79 Å². The quantitative estimate of drug-likeness (QED) is 0.657. The number of ether oxygens (including phenoxy) is 3. The zero-order valence-corrected chi connectivity index (χ0v) is 9.27. The SMILES string of the molecule is CC1(C)OCC([C@@H]2COC[C@H]2CC=O)O1. The summed E-state index contributed by atoms with van der Waals surface area (Å²) in [5.41, 5.74) is 0. The zero-order valence-electron chi connectivity index (χ0n) is 9.27. The average molecular weight is 214 g/mol. The summed E-state index contributed by atoms with van der Waals surface area (Å²) in [5.74, 6) is 0.112. The van der Waals surface area contributed by atoms with Gasteiger partial charge in [0, 0.05) is 12.3 Å². The molecular weight excluding hydrogens is 196 g/mol. The third-order valence-corrected chi connectivity index (χ3v) is 3.15. The summed E-state index contributed by atoms with van der Waals surface area (Å²) < 4.78 is 16.7. The molecule has 4 nitrogen and oxygen atoms in total. The van der Waals surface area contributed by atoms with E-state index in [0.29, 0.717) is 38.1 Å². The maximum Gasteiger partial charge on any atom is 0.163 e. The molecule has 1 unspecified atom stereocenters. The predicted octanol–water partition coefficient (Wildman–Crippen LogP) is 0.990. The summed E-state index contributed by atoms with van der Waals surface area (Å²) >= 11 is 0. The van der Waals surface area contributed by atoms with E-state index in [9.17, 15) is 4.79 Å². The molecule has 2 heterocycles. The van der Waals surface area contributed by atoms with E-state index in [2.05, 4.69) is 0 Å². The lowest BCUT2D eigenvalue weighted by atomic mass is 9.89. The van der Waals surface area contributed by atoms with Gasteiger partial charge in [0.05, 0.1) is 25.9 Å². The molecule has 15 heavy (non-hydrogen) atoms. The van der Waals surface area contributed by atoms with Crippen LogP contribution in [0.25, 0.3) is 0 Å². The number of hydrogen-bond donors (Lipinski definition) is 0. The molecule has 0 aromatic carbocycles. The van der Waals surface area contributed by atoms with Gasteiger partial charge in [-0.15, -0.1) is 0 Å². The molecule has 0 aliphatic carbocycles. The Kier molecular flexibility index (Phi) is 3.09. The van der Waals surface area contributed by atoms with Crippen molar-refractivity contribution < 1.29 is 19.0 Å². The van der Waals surface area contributed by atoms with Crippen LogP contribution in [0.4, 0.5) is 0 Å². The summed E-state index contributed by atoms with van der Waals surface area (Å²) in [6.45, 7) is 5.79. The molecule has 0 spiro atoms. The van der Waals surface area contributed by atoms with Gasteiger partial charge in [-0.05, 0) is 19.8 Å². The van der Waals surface area contributed by atoms with Crippen LogP contribution in [0.15, 0.2) is 0 Å². The van der Waals surface area contributed by atoms with Gasteiger partial charge in [0.2, 0.25) is 0 Å². The Morgan fingerprint density at radius 1 is 1.33 bits per heavy atom. The second-order valence-electron chi connectivity index (χ2n) is 4.73. The van der Waals surface area contributed by atoms with Gasteiger partial charge in [0.1, 0.15) is 6.29 Å². The Morgan fingerprint density at radius 3 is 2.73 bits per heavy atom. The van der Waals surface area contributed by atoms with E-state index in [1.807, 2.05) is 13.8 Å². The number of carbonyl (C=O) groups is 1. The van der Waals surface area contributed by atoms with Crippen LogP contribution < -0.4 is 0 Å². The lowest BCUT2D eigenvalue weighted by Crippen LogP contribution is -2.31. The van der Waals surface area contributed by atoms with Crippen molar-refractivity contribution in [3.63, 3.8) is 0 Å². The maximum atomic E-state index is 10.5. The van der Waals surface area contributed by atoms with Crippen molar-refractivity contribution in [3.8, 4) is 0 Å². The van der Waals surface area contributed by atoms with Crippen molar-refractivity contribution in [2.45, 2.75) is 32.2 Å². The third kappa shape index (κ3) is 2.38. The van der Waals surface area contributed by atoms with E-state index < -0.39 is 5.79 Å². The molecule has 0 N–H and O–H groups in total. The van der Waals surface area contributed by atoms with Crippen molar-refractivity contribution in [3.05, 3.63) is 0 Å². The summed E-state index contributed by atoms with van der Waals surface area (Å²) in [6, 6.07) is 0. The Labute approximate surface area is 89.9 Å². The second-order valence-corrected chi connectivity index (χ2v) is 4.73. The molecule has 0 saturated carbocycles. The van der Waals surface area contributed by atoms with Crippen molar-refractivity contribution >= 4 is 6.29 Å². The first-order chi connectivity index (χ1) is 7.12. The van der Waals surface area contributed by atoms with Crippen LogP contribution in [0.5, 0.6) is 0 Å². The predicted molar refractivity (Wildman–Crippen MR) is 53.4 cm³/mol. The number of rotatable bonds is 3. The largest absolute Gasteiger partial charge is 0.381 e. The monoisotopic (exact) mass is 214 g/mol. The summed E-state index contributed by atoms with van der Waals surface area (Å²) in [5, 5.41) is 0. The fourth-order valence-corrected chi connectivity index (χ4v) is 2.32. The minimum Gasteiger partial charge on any atom is -0.381 e. The molecule has 86 valence electrons. The molecule has 3 atom stereocenters. The minimum atomic E-state index is -0.487. The van der Waals surface area contributed by atoms with Crippen LogP contribution in [0.2, 0.25) is 0 Å². The molecule has 2 aliphatic rings. The molecule has 2 aliphatic heterocycles. The number of aldehydes is 1. The molecule has 4 heteroatoms. The van der Waals surface area contributed by atoms with Gasteiger partial charge < -0.3 is 19.0 Å². The third-order valence-electron chi connectivity index (χ3n) is 3.15. The van der Waals surface area contributed by atoms with Crippen molar-refractivity contribution in [1.29, 1.82) is 0 Å². The maximum absolute atomic E-state index is 10.5. The minimum absolute atomic E-state index is 0.0763. The Morgan fingerprint density at radius 2 is 2.13 bits per heavy atom. The smallest absolute Gasteiger partial charge is 0.163 e. The fraction of sp³-hybridized carbons (Fsp3) is 0.909. The summed E-state index contributed by atoms with van der Waals surface area (Å²) in [4.78, 5) is 10.5. The van der Waals surface area contributed by atoms with Gasteiger partial charge in [-0.2, -0.15) is 0 Å². The normalized spacial score (nSPS) is 39.5. The van der Waals surface area contributed by atoms with Crippen LogP contribution in [-0.2, 0) is 19.0 Å². The first-order valence-electron chi connectivity index (χ1n) is 5.45. The van der Waals surface area contributed by atoms with E-state index in [-0.39, 0.29) is 6.10 Å². The van der Waals surface area contributed by atoms with Gasteiger partial charge in [-0.1, -0.05) is 0 Å².